The predicted octanol–water partition coefficient (Wildman–Crippen LogP) is 4.18. The average Bonchev–Trinajstić information content (AvgIpc) is 2.98. The summed E-state index contributed by atoms with van der Waals surface area (Å²) in [6, 6.07) is 0. The molecular weight excluding hydrogens is 276 g/mol. The Balaban J connectivity index is 2.00. The van der Waals surface area contributed by atoms with Crippen LogP contribution in [0.15, 0.2) is 4.99 Å². The van der Waals surface area contributed by atoms with Crippen molar-refractivity contribution in [3.05, 3.63) is 0 Å². The van der Waals surface area contributed by atoms with Crippen LogP contribution in [0.25, 0.3) is 0 Å². The summed E-state index contributed by atoms with van der Waals surface area (Å²) in [4.78, 5) is 18.0. The van der Waals surface area contributed by atoms with E-state index < -0.39 is 0 Å². The lowest BCUT2D eigenvalue weighted by Gasteiger charge is -2.19. The van der Waals surface area contributed by atoms with Crippen molar-refractivity contribution >= 4 is 11.8 Å². The molecule has 0 fully saturated rings. The number of rotatable bonds is 13. The van der Waals surface area contributed by atoms with Crippen molar-refractivity contribution < 1.29 is 9.53 Å². The Bertz CT molecular complexity index is 329. The van der Waals surface area contributed by atoms with Gasteiger partial charge in [-0.15, -0.1) is 0 Å². The van der Waals surface area contributed by atoms with Crippen molar-refractivity contribution in [2.75, 3.05) is 26.7 Å². The van der Waals surface area contributed by atoms with Crippen molar-refractivity contribution in [3.63, 3.8) is 0 Å². The Hall–Kier alpha value is -1.06. The topological polar surface area (TPSA) is 41.9 Å². The Labute approximate surface area is 136 Å². The minimum Gasteiger partial charge on any atom is -0.469 e. The van der Waals surface area contributed by atoms with E-state index in [4.69, 9.17) is 4.74 Å². The van der Waals surface area contributed by atoms with Crippen LogP contribution in [0.4, 0.5) is 0 Å². The van der Waals surface area contributed by atoms with E-state index in [1.54, 1.807) is 0 Å². The molecule has 0 saturated heterocycles. The minimum absolute atomic E-state index is 0.130. The second-order valence-corrected chi connectivity index (χ2v) is 6.19. The lowest BCUT2D eigenvalue weighted by atomic mass is 10.1. The Kier molecular flexibility index (Phi) is 10.8. The van der Waals surface area contributed by atoms with E-state index in [1.807, 2.05) is 0 Å². The Morgan fingerprint density at radius 1 is 1.09 bits per heavy atom. The first-order chi connectivity index (χ1) is 10.8. The van der Waals surface area contributed by atoms with E-state index in [-0.39, 0.29) is 5.97 Å². The number of carbonyl (C=O) groups excluding carboxylic acids is 1. The normalized spacial score (nSPS) is 14.3. The van der Waals surface area contributed by atoms with Gasteiger partial charge in [-0.2, -0.15) is 0 Å². The van der Waals surface area contributed by atoms with Crippen molar-refractivity contribution in [1.29, 1.82) is 0 Å². The van der Waals surface area contributed by atoms with E-state index in [9.17, 15) is 4.79 Å². The molecule has 128 valence electrons. The number of ether oxygens (including phenoxy) is 1. The molecule has 22 heavy (non-hydrogen) atoms. The zero-order valence-electron chi connectivity index (χ0n) is 14.6. The van der Waals surface area contributed by atoms with Crippen LogP contribution in [0.2, 0.25) is 0 Å². The number of hydrogen-bond acceptors (Lipinski definition) is 4. The summed E-state index contributed by atoms with van der Waals surface area (Å²) >= 11 is 0. The molecular formula is C18H34N2O2. The van der Waals surface area contributed by atoms with Crippen molar-refractivity contribution in [2.24, 2.45) is 4.99 Å². The van der Waals surface area contributed by atoms with E-state index >= 15 is 0 Å². The molecule has 0 aromatic carbocycles. The first-order valence-corrected chi connectivity index (χ1v) is 9.13. The summed E-state index contributed by atoms with van der Waals surface area (Å²) in [5.41, 5.74) is 0. The molecule has 1 rings (SSSR count). The van der Waals surface area contributed by atoms with Gasteiger partial charge in [0.2, 0.25) is 0 Å². The fourth-order valence-corrected chi connectivity index (χ4v) is 2.93. The number of hydrogen-bond donors (Lipinski definition) is 0. The van der Waals surface area contributed by atoms with Gasteiger partial charge in [0, 0.05) is 19.5 Å². The molecule has 1 aliphatic rings. The number of unbranched alkanes of at least 4 members (excludes halogenated alkanes) is 8. The van der Waals surface area contributed by atoms with Gasteiger partial charge in [0.05, 0.1) is 25.9 Å². The molecule has 4 nitrogen and oxygen atoms in total. The highest BCUT2D eigenvalue weighted by Gasteiger charge is 2.17. The smallest absolute Gasteiger partial charge is 0.307 e. The standard InChI is InChI=1S/C18H34N2O2/c1-3-4-5-6-7-8-9-10-11-12-17-19-14-16-20(17)15-13-18(21)22-2/h3-16H2,1-2H3. The quantitative estimate of drug-likeness (QED) is 0.378. The van der Waals surface area contributed by atoms with Gasteiger partial charge in [0.1, 0.15) is 0 Å². The van der Waals surface area contributed by atoms with Crippen LogP contribution in [0.5, 0.6) is 0 Å². The molecule has 0 atom stereocenters. The summed E-state index contributed by atoms with van der Waals surface area (Å²) in [5.74, 6) is 1.07. The van der Waals surface area contributed by atoms with Gasteiger partial charge in [-0.05, 0) is 6.42 Å². The zero-order valence-corrected chi connectivity index (χ0v) is 14.6. The molecule has 0 amide bonds. The number of nitrogens with zero attached hydrogens (tertiary/aromatic N) is 2. The highest BCUT2D eigenvalue weighted by molar-refractivity contribution is 5.84. The van der Waals surface area contributed by atoms with Gasteiger partial charge in [-0.25, -0.2) is 0 Å². The van der Waals surface area contributed by atoms with Gasteiger partial charge in [0.25, 0.3) is 0 Å². The minimum atomic E-state index is -0.130. The van der Waals surface area contributed by atoms with E-state index in [1.165, 1.54) is 70.7 Å². The summed E-state index contributed by atoms with van der Waals surface area (Å²) in [6.45, 7) is 4.86. The second-order valence-electron chi connectivity index (χ2n) is 6.19. The fraction of sp³-hybridized carbons (Fsp3) is 0.889. The molecule has 0 aliphatic carbocycles. The number of methoxy groups -OCH3 is 1. The molecule has 0 spiro atoms. The molecule has 1 heterocycles. The molecule has 0 aromatic rings. The number of aliphatic imine (C=N–C) groups is 1. The van der Waals surface area contributed by atoms with Crippen molar-refractivity contribution in [3.8, 4) is 0 Å². The van der Waals surface area contributed by atoms with Crippen LogP contribution >= 0.6 is 0 Å². The molecule has 0 unspecified atom stereocenters. The molecule has 0 radical (unpaired) electrons. The van der Waals surface area contributed by atoms with E-state index in [0.29, 0.717) is 6.42 Å². The number of carbonyl (C=O) groups is 1. The van der Waals surface area contributed by atoms with Crippen molar-refractivity contribution in [1.82, 2.24) is 4.90 Å². The molecule has 0 aromatic heterocycles. The third kappa shape index (κ3) is 8.40. The van der Waals surface area contributed by atoms with Crippen LogP contribution in [-0.4, -0.2) is 43.4 Å². The maximum atomic E-state index is 11.2. The second kappa shape index (κ2) is 12.5. The van der Waals surface area contributed by atoms with Gasteiger partial charge in [0.15, 0.2) is 0 Å². The Morgan fingerprint density at radius 3 is 2.36 bits per heavy atom. The van der Waals surface area contributed by atoms with Crippen LogP contribution < -0.4 is 0 Å². The number of esters is 1. The van der Waals surface area contributed by atoms with Gasteiger partial charge < -0.3 is 9.64 Å². The SMILES string of the molecule is CCCCCCCCCCCC1=NCCN1CCC(=O)OC. The highest BCUT2D eigenvalue weighted by atomic mass is 16.5. The van der Waals surface area contributed by atoms with Crippen LogP contribution in [0.3, 0.4) is 0 Å². The molecule has 0 N–H and O–H groups in total. The van der Waals surface area contributed by atoms with Gasteiger partial charge >= 0.3 is 5.97 Å². The molecule has 0 bridgehead atoms. The van der Waals surface area contributed by atoms with E-state index in [0.717, 1.165) is 26.1 Å². The highest BCUT2D eigenvalue weighted by Crippen LogP contribution is 2.13. The maximum Gasteiger partial charge on any atom is 0.307 e. The van der Waals surface area contributed by atoms with Gasteiger partial charge in [-0.1, -0.05) is 58.3 Å². The zero-order chi connectivity index (χ0) is 16.0. The first-order valence-electron chi connectivity index (χ1n) is 9.13. The third-order valence-electron chi connectivity index (χ3n) is 4.35. The lowest BCUT2D eigenvalue weighted by molar-refractivity contribution is -0.140. The lowest BCUT2D eigenvalue weighted by Crippen LogP contribution is -2.30. The third-order valence-corrected chi connectivity index (χ3v) is 4.35. The summed E-state index contributed by atoms with van der Waals surface area (Å²) in [6.07, 6.45) is 13.7. The summed E-state index contributed by atoms with van der Waals surface area (Å²) in [7, 11) is 1.45. The number of amidine groups is 1. The van der Waals surface area contributed by atoms with Crippen LogP contribution in [0, 0.1) is 0 Å². The summed E-state index contributed by atoms with van der Waals surface area (Å²) < 4.78 is 4.70. The molecule has 1 aliphatic heterocycles. The monoisotopic (exact) mass is 310 g/mol. The van der Waals surface area contributed by atoms with Crippen LogP contribution in [0.1, 0.15) is 77.6 Å². The average molecular weight is 310 g/mol. The maximum absolute atomic E-state index is 11.2. The summed E-state index contributed by atoms with van der Waals surface area (Å²) in [5, 5.41) is 0. The fourth-order valence-electron chi connectivity index (χ4n) is 2.93. The van der Waals surface area contributed by atoms with Crippen LogP contribution in [-0.2, 0) is 9.53 Å². The molecule has 0 saturated carbocycles. The predicted molar refractivity (Wildman–Crippen MR) is 92.4 cm³/mol. The largest absolute Gasteiger partial charge is 0.469 e. The van der Waals surface area contributed by atoms with Gasteiger partial charge in [-0.3, -0.25) is 9.79 Å². The van der Waals surface area contributed by atoms with Crippen molar-refractivity contribution in [2.45, 2.75) is 77.6 Å². The molecule has 4 heteroatoms. The first kappa shape index (κ1) is 19.0. The Morgan fingerprint density at radius 2 is 1.73 bits per heavy atom. The van der Waals surface area contributed by atoms with E-state index in [2.05, 4.69) is 16.8 Å².